The van der Waals surface area contributed by atoms with Crippen LogP contribution in [0.4, 0.5) is 5.69 Å². The number of carbonyl (C=O) groups is 1. The molecule has 0 radical (unpaired) electrons. The lowest BCUT2D eigenvalue weighted by atomic mass is 10.1. The number of aromatic nitrogens is 2. The third kappa shape index (κ3) is 4.50. The van der Waals surface area contributed by atoms with Crippen LogP contribution in [0.2, 0.25) is 0 Å². The van der Waals surface area contributed by atoms with Crippen LogP contribution >= 0.6 is 0 Å². The SMILES string of the molecule is COc1cccc(CC(=O)O[C@@H](C)c2nnc(-c3ccc([N+](=O)[O-])cc3)o2)c1. The fourth-order valence-corrected chi connectivity index (χ4v) is 2.48. The number of benzene rings is 2. The zero-order chi connectivity index (χ0) is 20.1. The Hall–Kier alpha value is -3.75. The molecule has 1 aromatic heterocycles. The van der Waals surface area contributed by atoms with Crippen molar-refractivity contribution in [2.24, 2.45) is 0 Å². The first-order valence-electron chi connectivity index (χ1n) is 8.37. The summed E-state index contributed by atoms with van der Waals surface area (Å²) in [4.78, 5) is 22.4. The van der Waals surface area contributed by atoms with Crippen molar-refractivity contribution < 1.29 is 23.6 Å². The minimum Gasteiger partial charge on any atom is -0.497 e. The summed E-state index contributed by atoms with van der Waals surface area (Å²) in [5.41, 5.74) is 1.25. The Morgan fingerprint density at radius 2 is 1.96 bits per heavy atom. The molecule has 0 saturated carbocycles. The summed E-state index contributed by atoms with van der Waals surface area (Å²) >= 11 is 0. The quantitative estimate of drug-likeness (QED) is 0.346. The van der Waals surface area contributed by atoms with Gasteiger partial charge in [0, 0.05) is 17.7 Å². The standard InChI is InChI=1S/C19H17N3O6/c1-12(27-17(23)11-13-4-3-5-16(10-13)26-2)18-20-21-19(28-18)14-6-8-15(9-7-14)22(24)25/h3-10,12H,11H2,1-2H3/t12-/m0/s1. The van der Waals surface area contributed by atoms with E-state index in [2.05, 4.69) is 10.2 Å². The number of non-ortho nitro benzene ring substituents is 1. The van der Waals surface area contributed by atoms with Gasteiger partial charge in [-0.2, -0.15) is 0 Å². The molecule has 0 amide bonds. The summed E-state index contributed by atoms with van der Waals surface area (Å²) in [6.07, 6.45) is -0.664. The Morgan fingerprint density at radius 1 is 1.21 bits per heavy atom. The van der Waals surface area contributed by atoms with Gasteiger partial charge in [0.15, 0.2) is 6.10 Å². The summed E-state index contributed by atoms with van der Waals surface area (Å²) in [6, 6.07) is 12.8. The first kappa shape index (κ1) is 19.0. The number of nitrogens with zero attached hydrogens (tertiary/aromatic N) is 3. The molecule has 1 atom stereocenters. The molecule has 2 aromatic carbocycles. The number of ether oxygens (including phenoxy) is 2. The predicted octanol–water partition coefficient (Wildman–Crippen LogP) is 3.50. The van der Waals surface area contributed by atoms with E-state index < -0.39 is 17.0 Å². The maximum absolute atomic E-state index is 12.2. The fourth-order valence-electron chi connectivity index (χ4n) is 2.48. The van der Waals surface area contributed by atoms with Gasteiger partial charge in [-0.25, -0.2) is 0 Å². The molecule has 0 N–H and O–H groups in total. The zero-order valence-electron chi connectivity index (χ0n) is 15.2. The van der Waals surface area contributed by atoms with Crippen LogP contribution in [0.5, 0.6) is 5.75 Å². The van der Waals surface area contributed by atoms with Crippen molar-refractivity contribution in [3.63, 3.8) is 0 Å². The largest absolute Gasteiger partial charge is 0.497 e. The highest BCUT2D eigenvalue weighted by Gasteiger charge is 2.19. The van der Waals surface area contributed by atoms with Crippen molar-refractivity contribution in [3.8, 4) is 17.2 Å². The number of esters is 1. The molecular weight excluding hydrogens is 366 g/mol. The molecule has 0 aliphatic carbocycles. The third-order valence-electron chi connectivity index (χ3n) is 3.90. The molecule has 144 valence electrons. The second-order valence-corrected chi connectivity index (χ2v) is 5.91. The lowest BCUT2D eigenvalue weighted by Crippen LogP contribution is -2.11. The molecule has 9 heteroatoms. The van der Waals surface area contributed by atoms with E-state index in [9.17, 15) is 14.9 Å². The van der Waals surface area contributed by atoms with E-state index in [1.54, 1.807) is 38.3 Å². The molecule has 0 fully saturated rings. The highest BCUT2D eigenvalue weighted by Crippen LogP contribution is 2.24. The second kappa shape index (κ2) is 8.30. The molecule has 0 unspecified atom stereocenters. The van der Waals surface area contributed by atoms with Gasteiger partial charge < -0.3 is 13.9 Å². The summed E-state index contributed by atoms with van der Waals surface area (Å²) in [6.45, 7) is 1.62. The van der Waals surface area contributed by atoms with Gasteiger partial charge in [-0.3, -0.25) is 14.9 Å². The van der Waals surface area contributed by atoms with Gasteiger partial charge in [0.25, 0.3) is 11.6 Å². The van der Waals surface area contributed by atoms with Gasteiger partial charge in [0.05, 0.1) is 18.5 Å². The van der Waals surface area contributed by atoms with Crippen molar-refractivity contribution in [1.29, 1.82) is 0 Å². The van der Waals surface area contributed by atoms with Crippen LogP contribution in [0.1, 0.15) is 24.5 Å². The van der Waals surface area contributed by atoms with E-state index in [0.717, 1.165) is 5.56 Å². The highest BCUT2D eigenvalue weighted by atomic mass is 16.6. The minimum atomic E-state index is -0.739. The van der Waals surface area contributed by atoms with Crippen LogP contribution in [-0.4, -0.2) is 28.2 Å². The van der Waals surface area contributed by atoms with Crippen molar-refractivity contribution in [2.75, 3.05) is 7.11 Å². The monoisotopic (exact) mass is 383 g/mol. The average molecular weight is 383 g/mol. The van der Waals surface area contributed by atoms with Gasteiger partial charge in [0.1, 0.15) is 5.75 Å². The van der Waals surface area contributed by atoms with Gasteiger partial charge in [-0.1, -0.05) is 12.1 Å². The van der Waals surface area contributed by atoms with Gasteiger partial charge in [-0.05, 0) is 36.8 Å². The van der Waals surface area contributed by atoms with Crippen LogP contribution in [0.15, 0.2) is 52.9 Å². The molecule has 0 spiro atoms. The van der Waals surface area contributed by atoms with E-state index in [-0.39, 0.29) is 23.9 Å². The average Bonchev–Trinajstić information content (AvgIpc) is 3.18. The minimum absolute atomic E-state index is 0.0386. The third-order valence-corrected chi connectivity index (χ3v) is 3.90. The Bertz CT molecular complexity index is 983. The molecule has 3 rings (SSSR count). The fraction of sp³-hybridized carbons (Fsp3) is 0.211. The molecule has 0 bridgehead atoms. The summed E-state index contributed by atoms with van der Waals surface area (Å²) < 4.78 is 16.0. The van der Waals surface area contributed by atoms with Crippen molar-refractivity contribution in [3.05, 3.63) is 70.1 Å². The van der Waals surface area contributed by atoms with E-state index >= 15 is 0 Å². The first-order valence-corrected chi connectivity index (χ1v) is 8.37. The van der Waals surface area contributed by atoms with Crippen LogP contribution in [-0.2, 0) is 16.0 Å². The molecule has 1 heterocycles. The van der Waals surface area contributed by atoms with Crippen LogP contribution in [0.25, 0.3) is 11.5 Å². The van der Waals surface area contributed by atoms with E-state index in [0.29, 0.717) is 11.3 Å². The molecule has 9 nitrogen and oxygen atoms in total. The maximum atomic E-state index is 12.2. The molecule has 3 aromatic rings. The molecule has 0 saturated heterocycles. The summed E-state index contributed by atoms with van der Waals surface area (Å²) in [5.74, 6) is 0.520. The first-order chi connectivity index (χ1) is 13.5. The van der Waals surface area contributed by atoms with E-state index in [4.69, 9.17) is 13.9 Å². The molecule has 0 aliphatic rings. The van der Waals surface area contributed by atoms with Crippen molar-refractivity contribution in [1.82, 2.24) is 10.2 Å². The summed E-state index contributed by atoms with van der Waals surface area (Å²) in [5, 5.41) is 18.5. The number of hydrogen-bond acceptors (Lipinski definition) is 8. The van der Waals surface area contributed by atoms with Crippen molar-refractivity contribution >= 4 is 11.7 Å². The van der Waals surface area contributed by atoms with Crippen LogP contribution in [0.3, 0.4) is 0 Å². The Morgan fingerprint density at radius 3 is 2.64 bits per heavy atom. The van der Waals surface area contributed by atoms with Gasteiger partial charge in [-0.15, -0.1) is 10.2 Å². The molecule has 0 aliphatic heterocycles. The number of rotatable bonds is 7. The van der Waals surface area contributed by atoms with Crippen molar-refractivity contribution in [2.45, 2.75) is 19.4 Å². The predicted molar refractivity (Wildman–Crippen MR) is 97.6 cm³/mol. The van der Waals surface area contributed by atoms with Crippen LogP contribution < -0.4 is 4.74 Å². The number of nitro groups is 1. The number of carbonyl (C=O) groups excluding carboxylic acids is 1. The zero-order valence-corrected chi connectivity index (χ0v) is 15.2. The van der Waals surface area contributed by atoms with Crippen LogP contribution in [0, 0.1) is 10.1 Å². The highest BCUT2D eigenvalue weighted by molar-refractivity contribution is 5.73. The molecular formula is C19H17N3O6. The Kier molecular flexibility index (Phi) is 5.64. The lowest BCUT2D eigenvalue weighted by Gasteiger charge is -2.10. The second-order valence-electron chi connectivity index (χ2n) is 5.91. The number of nitro benzene ring substituents is 1. The normalized spacial score (nSPS) is 11.6. The number of hydrogen-bond donors (Lipinski definition) is 0. The number of methoxy groups -OCH3 is 1. The Balaban J connectivity index is 1.64. The Labute approximate surface area is 160 Å². The van der Waals surface area contributed by atoms with Gasteiger partial charge in [0.2, 0.25) is 5.89 Å². The smallest absolute Gasteiger partial charge is 0.311 e. The lowest BCUT2D eigenvalue weighted by molar-refractivity contribution is -0.384. The van der Waals surface area contributed by atoms with E-state index in [1.807, 2.05) is 0 Å². The topological polar surface area (TPSA) is 118 Å². The molecule has 28 heavy (non-hydrogen) atoms. The van der Waals surface area contributed by atoms with E-state index in [1.165, 1.54) is 24.3 Å². The maximum Gasteiger partial charge on any atom is 0.311 e. The summed E-state index contributed by atoms with van der Waals surface area (Å²) in [7, 11) is 1.55. The van der Waals surface area contributed by atoms with Gasteiger partial charge >= 0.3 is 5.97 Å².